The van der Waals surface area contributed by atoms with Gasteiger partial charge in [-0.3, -0.25) is 0 Å². The van der Waals surface area contributed by atoms with E-state index in [1.165, 1.54) is 71.8 Å². The largest absolute Gasteiger partial charge is 0.455 e. The minimum atomic E-state index is -0.510. The Morgan fingerprint density at radius 1 is 0.431 bits per heavy atom. The van der Waals surface area contributed by atoms with Gasteiger partial charge < -0.3 is 9.32 Å². The number of para-hydroxylation sites is 2. The highest BCUT2D eigenvalue weighted by molar-refractivity contribution is 6.24. The van der Waals surface area contributed by atoms with Crippen LogP contribution in [0.25, 0.3) is 55.0 Å². The summed E-state index contributed by atoms with van der Waals surface area (Å²) in [6.45, 7) is 4.79. The predicted octanol–water partition coefficient (Wildman–Crippen LogP) is 14.9. The van der Waals surface area contributed by atoms with E-state index in [1.54, 1.807) is 0 Å². The van der Waals surface area contributed by atoms with Gasteiger partial charge in [-0.25, -0.2) is 0 Å². The lowest BCUT2D eigenvalue weighted by molar-refractivity contribution is 0.659. The SMILES string of the molecule is CC1(C)c2cccc(N(c3ccccc3)c3ccc4c(c3)C(c3ccccc3)(c3ccccc3)c3ccccc3-4)c2-c2c1c1c3ccccc3oc1c1ccccc21. The lowest BCUT2D eigenvalue weighted by Gasteiger charge is -2.35. The van der Waals surface area contributed by atoms with Crippen molar-refractivity contribution in [2.24, 2.45) is 0 Å². The Labute approximate surface area is 338 Å². The molecule has 1 aromatic heterocycles. The summed E-state index contributed by atoms with van der Waals surface area (Å²) in [5, 5.41) is 4.74. The molecule has 0 bridgehead atoms. The molecule has 12 rings (SSSR count). The minimum absolute atomic E-state index is 0.298. The van der Waals surface area contributed by atoms with Crippen LogP contribution in [0.4, 0.5) is 17.1 Å². The van der Waals surface area contributed by atoms with Crippen LogP contribution >= 0.6 is 0 Å². The summed E-state index contributed by atoms with van der Waals surface area (Å²) in [6, 6.07) is 73.5. The Morgan fingerprint density at radius 2 is 1.02 bits per heavy atom. The Balaban J connectivity index is 1.18. The molecule has 0 atom stereocenters. The summed E-state index contributed by atoms with van der Waals surface area (Å²) in [7, 11) is 0. The van der Waals surface area contributed by atoms with Gasteiger partial charge in [-0.15, -0.1) is 0 Å². The monoisotopic (exact) mass is 741 g/mol. The average Bonchev–Trinajstić information content (AvgIpc) is 3.89. The lowest BCUT2D eigenvalue weighted by atomic mass is 9.67. The van der Waals surface area contributed by atoms with E-state index < -0.39 is 5.41 Å². The van der Waals surface area contributed by atoms with Crippen molar-refractivity contribution in [1.82, 2.24) is 0 Å². The van der Waals surface area contributed by atoms with Crippen molar-refractivity contribution in [2.75, 3.05) is 4.90 Å². The summed E-state index contributed by atoms with van der Waals surface area (Å²) in [5.74, 6) is 0. The third-order valence-corrected chi connectivity index (χ3v) is 13.1. The highest BCUT2D eigenvalue weighted by atomic mass is 16.3. The lowest BCUT2D eigenvalue weighted by Crippen LogP contribution is -2.28. The van der Waals surface area contributed by atoms with Gasteiger partial charge in [0.2, 0.25) is 0 Å². The molecule has 2 heteroatoms. The number of furan rings is 1. The minimum Gasteiger partial charge on any atom is -0.455 e. The molecule has 1 heterocycles. The second-order valence-corrected chi connectivity index (χ2v) is 16.4. The zero-order chi connectivity index (χ0) is 38.6. The number of rotatable bonds is 5. The van der Waals surface area contributed by atoms with Gasteiger partial charge in [-0.05, 0) is 91.9 Å². The molecule has 10 aromatic rings. The van der Waals surface area contributed by atoms with Gasteiger partial charge in [0.15, 0.2) is 0 Å². The van der Waals surface area contributed by atoms with Crippen LogP contribution in [0.2, 0.25) is 0 Å². The summed E-state index contributed by atoms with van der Waals surface area (Å²) >= 11 is 0. The van der Waals surface area contributed by atoms with Gasteiger partial charge in [0, 0.05) is 38.5 Å². The highest BCUT2D eigenvalue weighted by Gasteiger charge is 2.47. The van der Waals surface area contributed by atoms with Gasteiger partial charge in [0.25, 0.3) is 0 Å². The molecule has 2 aliphatic carbocycles. The van der Waals surface area contributed by atoms with E-state index in [9.17, 15) is 0 Å². The van der Waals surface area contributed by atoms with Gasteiger partial charge in [-0.1, -0.05) is 178 Å². The first-order valence-electron chi connectivity index (χ1n) is 20.3. The molecule has 0 spiro atoms. The molecule has 0 unspecified atom stereocenters. The third-order valence-electron chi connectivity index (χ3n) is 13.1. The molecule has 274 valence electrons. The van der Waals surface area contributed by atoms with Crippen LogP contribution in [0.15, 0.2) is 205 Å². The molecule has 0 fully saturated rings. The Kier molecular flexibility index (Phi) is 6.93. The van der Waals surface area contributed by atoms with Crippen LogP contribution in [-0.4, -0.2) is 0 Å². The van der Waals surface area contributed by atoms with E-state index in [0.29, 0.717) is 0 Å². The molecule has 0 saturated carbocycles. The summed E-state index contributed by atoms with van der Waals surface area (Å²) in [5.41, 5.74) is 17.4. The maximum absolute atomic E-state index is 6.75. The number of hydrogen-bond acceptors (Lipinski definition) is 2. The van der Waals surface area contributed by atoms with Crippen molar-refractivity contribution < 1.29 is 4.42 Å². The molecule has 0 N–H and O–H groups in total. The fraction of sp³-hybridized carbons (Fsp3) is 0.0714. The summed E-state index contributed by atoms with van der Waals surface area (Å²) < 4.78 is 6.75. The van der Waals surface area contributed by atoms with Gasteiger partial charge in [-0.2, -0.15) is 0 Å². The van der Waals surface area contributed by atoms with E-state index in [0.717, 1.165) is 33.6 Å². The smallest absolute Gasteiger partial charge is 0.143 e. The van der Waals surface area contributed by atoms with E-state index >= 15 is 0 Å². The number of anilines is 3. The van der Waals surface area contributed by atoms with Crippen LogP contribution in [0.3, 0.4) is 0 Å². The maximum Gasteiger partial charge on any atom is 0.143 e. The Bertz CT molecular complexity index is 3210. The standard InChI is InChI=1S/C56H39NO/c1-55(2)46-30-18-31-48(52(46)50-42-26-12-13-27-43(42)54-51(53(50)55)44-28-15-17-32-49(44)58-54)57(38-23-10-5-11-24-38)39-33-34-41-40-25-14-16-29-45(40)56(47(41)35-39,36-19-6-3-7-20-36)37-21-8-4-9-22-37/h3-35H,1-2H3. The number of nitrogens with zero attached hydrogens (tertiary/aromatic N) is 1. The zero-order valence-corrected chi connectivity index (χ0v) is 32.4. The quantitative estimate of drug-likeness (QED) is 0.175. The van der Waals surface area contributed by atoms with Crippen molar-refractivity contribution in [1.29, 1.82) is 0 Å². The van der Waals surface area contributed by atoms with Crippen LogP contribution in [0.1, 0.15) is 47.2 Å². The Morgan fingerprint density at radius 3 is 1.76 bits per heavy atom. The average molecular weight is 742 g/mol. The number of hydrogen-bond donors (Lipinski definition) is 0. The van der Waals surface area contributed by atoms with Crippen molar-refractivity contribution >= 4 is 49.8 Å². The first-order chi connectivity index (χ1) is 28.6. The molecular weight excluding hydrogens is 703 g/mol. The summed E-state index contributed by atoms with van der Waals surface area (Å²) in [4.78, 5) is 2.50. The third kappa shape index (κ3) is 4.32. The molecule has 0 saturated heterocycles. The van der Waals surface area contributed by atoms with Crippen LogP contribution in [-0.2, 0) is 10.8 Å². The molecular formula is C56H39NO. The normalized spacial score (nSPS) is 14.3. The highest BCUT2D eigenvalue weighted by Crippen LogP contribution is 2.61. The van der Waals surface area contributed by atoms with Crippen molar-refractivity contribution in [2.45, 2.75) is 24.7 Å². The topological polar surface area (TPSA) is 16.4 Å². The molecule has 0 aliphatic heterocycles. The molecule has 2 nitrogen and oxygen atoms in total. The summed E-state index contributed by atoms with van der Waals surface area (Å²) in [6.07, 6.45) is 0. The fourth-order valence-electron chi connectivity index (χ4n) is 10.7. The Hall–Kier alpha value is -7.16. The molecule has 2 aliphatic rings. The van der Waals surface area contributed by atoms with E-state index in [2.05, 4.69) is 219 Å². The first-order valence-corrected chi connectivity index (χ1v) is 20.3. The number of benzene rings is 9. The van der Waals surface area contributed by atoms with Gasteiger partial charge in [0.1, 0.15) is 11.2 Å². The van der Waals surface area contributed by atoms with E-state index in [4.69, 9.17) is 4.42 Å². The van der Waals surface area contributed by atoms with Crippen molar-refractivity contribution in [3.63, 3.8) is 0 Å². The van der Waals surface area contributed by atoms with Crippen LogP contribution in [0.5, 0.6) is 0 Å². The maximum atomic E-state index is 6.75. The first kappa shape index (κ1) is 33.0. The van der Waals surface area contributed by atoms with Gasteiger partial charge >= 0.3 is 0 Å². The van der Waals surface area contributed by atoms with Crippen LogP contribution in [0, 0.1) is 0 Å². The van der Waals surface area contributed by atoms with Crippen molar-refractivity contribution in [3.05, 3.63) is 234 Å². The molecule has 0 radical (unpaired) electrons. The zero-order valence-electron chi connectivity index (χ0n) is 32.4. The second-order valence-electron chi connectivity index (χ2n) is 16.4. The molecule has 9 aromatic carbocycles. The van der Waals surface area contributed by atoms with E-state index in [-0.39, 0.29) is 5.41 Å². The van der Waals surface area contributed by atoms with Crippen LogP contribution < -0.4 is 4.90 Å². The molecule has 58 heavy (non-hydrogen) atoms. The van der Waals surface area contributed by atoms with E-state index in [1.807, 2.05) is 0 Å². The van der Waals surface area contributed by atoms with Gasteiger partial charge in [0.05, 0.1) is 11.1 Å². The number of fused-ring (bicyclic) bond motifs is 13. The second kappa shape index (κ2) is 12.2. The predicted molar refractivity (Wildman–Crippen MR) is 241 cm³/mol. The molecule has 0 amide bonds. The van der Waals surface area contributed by atoms with Crippen molar-refractivity contribution in [3.8, 4) is 22.3 Å². The fourth-order valence-corrected chi connectivity index (χ4v) is 10.7.